The van der Waals surface area contributed by atoms with E-state index in [1.54, 1.807) is 0 Å². The lowest BCUT2D eigenvalue weighted by Crippen LogP contribution is -2.53. The average Bonchev–Trinajstić information content (AvgIpc) is 2.58. The summed E-state index contributed by atoms with van der Waals surface area (Å²) in [4.78, 5) is 2.68. The van der Waals surface area contributed by atoms with Gasteiger partial charge in [-0.15, -0.1) is 0 Å². The molecule has 2 saturated heterocycles. The molecule has 94 valence electrons. The van der Waals surface area contributed by atoms with Crippen LogP contribution in [0.3, 0.4) is 0 Å². The van der Waals surface area contributed by atoms with Crippen LogP contribution < -0.4 is 0 Å². The molecule has 0 spiro atoms. The van der Waals surface area contributed by atoms with Crippen LogP contribution >= 0.6 is 0 Å². The third kappa shape index (κ3) is 2.78. The molecule has 2 nitrogen and oxygen atoms in total. The third-order valence-corrected chi connectivity index (χ3v) is 4.29. The predicted molar refractivity (Wildman–Crippen MR) is 67.7 cm³/mol. The summed E-state index contributed by atoms with van der Waals surface area (Å²) in [6.07, 6.45) is 9.04. The number of likely N-dealkylation sites (tertiary alicyclic amines) is 1. The molecule has 2 heteroatoms. The Bertz CT molecular complexity index is 215. The Hall–Kier alpha value is -0.0800. The smallest absolute Gasteiger partial charge is 0.0707 e. The largest absolute Gasteiger partial charge is 0.372 e. The fraction of sp³-hybridized carbons (Fsp3) is 1.00. The van der Waals surface area contributed by atoms with Gasteiger partial charge in [0.05, 0.1) is 12.2 Å². The van der Waals surface area contributed by atoms with Gasteiger partial charge < -0.3 is 4.74 Å². The lowest BCUT2D eigenvalue weighted by Gasteiger charge is -2.43. The van der Waals surface area contributed by atoms with E-state index in [9.17, 15) is 0 Å². The summed E-state index contributed by atoms with van der Waals surface area (Å²) in [5.74, 6) is 0. The quantitative estimate of drug-likeness (QED) is 0.666. The lowest BCUT2D eigenvalue weighted by atomic mass is 9.93. The Morgan fingerprint density at radius 3 is 2.31 bits per heavy atom. The second-order valence-electron chi connectivity index (χ2n) is 6.13. The molecule has 0 aromatic rings. The van der Waals surface area contributed by atoms with E-state index in [2.05, 4.69) is 25.7 Å². The fourth-order valence-electron chi connectivity index (χ4n) is 3.07. The summed E-state index contributed by atoms with van der Waals surface area (Å²) in [6, 6.07) is 0. The Kier molecular flexibility index (Phi) is 3.91. The number of fused-ring (bicyclic) bond motifs is 2. The monoisotopic (exact) mass is 225 g/mol. The predicted octanol–water partition coefficient (Wildman–Crippen LogP) is 3.21. The molecule has 0 saturated carbocycles. The van der Waals surface area contributed by atoms with E-state index < -0.39 is 0 Å². The zero-order chi connectivity index (χ0) is 11.6. The molecule has 2 aliphatic heterocycles. The number of ether oxygens (including phenoxy) is 1. The van der Waals surface area contributed by atoms with Gasteiger partial charge in [-0.2, -0.15) is 0 Å². The molecule has 0 aromatic carbocycles. The molecular weight excluding hydrogens is 198 g/mol. The first-order valence-electron chi connectivity index (χ1n) is 7.02. The molecule has 2 rings (SSSR count). The van der Waals surface area contributed by atoms with E-state index in [1.165, 1.54) is 38.5 Å². The van der Waals surface area contributed by atoms with Crippen molar-refractivity contribution in [2.75, 3.05) is 13.1 Å². The topological polar surface area (TPSA) is 12.5 Å². The molecule has 0 N–H and O–H groups in total. The van der Waals surface area contributed by atoms with Crippen molar-refractivity contribution >= 4 is 0 Å². The summed E-state index contributed by atoms with van der Waals surface area (Å²) < 4.78 is 5.91. The van der Waals surface area contributed by atoms with Gasteiger partial charge in [-0.1, -0.05) is 26.2 Å². The maximum atomic E-state index is 5.91. The minimum atomic E-state index is 0.375. The van der Waals surface area contributed by atoms with E-state index in [-0.39, 0.29) is 0 Å². The molecule has 0 aliphatic carbocycles. The molecular formula is C14H27NO. The van der Waals surface area contributed by atoms with Gasteiger partial charge in [-0.05, 0) is 33.1 Å². The standard InChI is InChI=1S/C14H27NO/c1-4-5-6-9-14(2,3)15-10-12-7-8-13(11-15)16-12/h12-13H,4-11H2,1-3H3. The van der Waals surface area contributed by atoms with Crippen LogP contribution in [0.15, 0.2) is 0 Å². The Balaban J connectivity index is 1.85. The highest BCUT2D eigenvalue weighted by atomic mass is 16.5. The second kappa shape index (κ2) is 5.05. The van der Waals surface area contributed by atoms with Crippen LogP contribution in [0, 0.1) is 0 Å². The first kappa shape index (κ1) is 12.4. The molecule has 0 amide bonds. The van der Waals surface area contributed by atoms with Crippen LogP contribution in [0.25, 0.3) is 0 Å². The average molecular weight is 225 g/mol. The SMILES string of the molecule is CCCCCC(C)(C)N1CC2CCC(C1)O2. The van der Waals surface area contributed by atoms with Gasteiger partial charge in [-0.3, -0.25) is 4.90 Å². The number of hydrogen-bond donors (Lipinski definition) is 0. The summed E-state index contributed by atoms with van der Waals surface area (Å²) in [7, 11) is 0. The van der Waals surface area contributed by atoms with Crippen molar-refractivity contribution in [2.24, 2.45) is 0 Å². The Morgan fingerprint density at radius 2 is 1.75 bits per heavy atom. The van der Waals surface area contributed by atoms with Crippen LogP contribution in [-0.4, -0.2) is 35.7 Å². The van der Waals surface area contributed by atoms with Crippen molar-refractivity contribution in [1.29, 1.82) is 0 Å². The van der Waals surface area contributed by atoms with Crippen molar-refractivity contribution < 1.29 is 4.74 Å². The molecule has 0 aromatic heterocycles. The van der Waals surface area contributed by atoms with Crippen LogP contribution in [-0.2, 0) is 4.74 Å². The van der Waals surface area contributed by atoms with Crippen LogP contribution in [0.1, 0.15) is 59.3 Å². The first-order chi connectivity index (χ1) is 7.62. The van der Waals surface area contributed by atoms with Gasteiger partial charge >= 0.3 is 0 Å². The van der Waals surface area contributed by atoms with Gasteiger partial charge in [0.2, 0.25) is 0 Å². The zero-order valence-electron chi connectivity index (χ0n) is 11.2. The highest BCUT2D eigenvalue weighted by Gasteiger charge is 2.39. The maximum Gasteiger partial charge on any atom is 0.0707 e. The molecule has 2 atom stereocenters. The van der Waals surface area contributed by atoms with Crippen LogP contribution in [0.5, 0.6) is 0 Å². The molecule has 2 fully saturated rings. The van der Waals surface area contributed by atoms with Crippen molar-refractivity contribution in [1.82, 2.24) is 4.90 Å². The number of nitrogens with zero attached hydrogens (tertiary/aromatic N) is 1. The first-order valence-corrected chi connectivity index (χ1v) is 7.02. The minimum absolute atomic E-state index is 0.375. The highest BCUT2D eigenvalue weighted by molar-refractivity contribution is 4.92. The summed E-state index contributed by atoms with van der Waals surface area (Å²) in [6.45, 7) is 9.42. The van der Waals surface area contributed by atoms with Gasteiger partial charge in [0.15, 0.2) is 0 Å². The van der Waals surface area contributed by atoms with Gasteiger partial charge in [0, 0.05) is 18.6 Å². The van der Waals surface area contributed by atoms with Crippen LogP contribution in [0.4, 0.5) is 0 Å². The molecule has 2 aliphatic rings. The number of rotatable bonds is 5. The summed E-state index contributed by atoms with van der Waals surface area (Å²) in [5.41, 5.74) is 0.375. The van der Waals surface area contributed by atoms with Crippen molar-refractivity contribution in [3.05, 3.63) is 0 Å². The maximum absolute atomic E-state index is 5.91. The van der Waals surface area contributed by atoms with E-state index >= 15 is 0 Å². The van der Waals surface area contributed by atoms with Crippen molar-refractivity contribution in [3.8, 4) is 0 Å². The van der Waals surface area contributed by atoms with Gasteiger partial charge in [0.25, 0.3) is 0 Å². The minimum Gasteiger partial charge on any atom is -0.372 e. The molecule has 16 heavy (non-hydrogen) atoms. The van der Waals surface area contributed by atoms with E-state index in [0.29, 0.717) is 17.7 Å². The van der Waals surface area contributed by atoms with Gasteiger partial charge in [-0.25, -0.2) is 0 Å². The van der Waals surface area contributed by atoms with Crippen LogP contribution in [0.2, 0.25) is 0 Å². The summed E-state index contributed by atoms with van der Waals surface area (Å²) in [5, 5.41) is 0. The van der Waals surface area contributed by atoms with E-state index in [1.807, 2.05) is 0 Å². The fourth-order valence-corrected chi connectivity index (χ4v) is 3.07. The van der Waals surface area contributed by atoms with Gasteiger partial charge in [0.1, 0.15) is 0 Å². The Labute approximate surface area is 100 Å². The number of morpholine rings is 1. The molecule has 2 heterocycles. The highest BCUT2D eigenvalue weighted by Crippen LogP contribution is 2.32. The zero-order valence-corrected chi connectivity index (χ0v) is 11.2. The Morgan fingerprint density at radius 1 is 1.12 bits per heavy atom. The summed E-state index contributed by atoms with van der Waals surface area (Å²) >= 11 is 0. The van der Waals surface area contributed by atoms with Crippen molar-refractivity contribution in [2.45, 2.75) is 77.0 Å². The van der Waals surface area contributed by atoms with E-state index in [0.717, 1.165) is 13.1 Å². The van der Waals surface area contributed by atoms with E-state index in [4.69, 9.17) is 4.74 Å². The lowest BCUT2D eigenvalue weighted by molar-refractivity contribution is -0.0728. The van der Waals surface area contributed by atoms with Crippen molar-refractivity contribution in [3.63, 3.8) is 0 Å². The second-order valence-corrected chi connectivity index (χ2v) is 6.13. The third-order valence-electron chi connectivity index (χ3n) is 4.29. The molecule has 2 unspecified atom stereocenters. The number of hydrogen-bond acceptors (Lipinski definition) is 2. The number of unbranched alkanes of at least 4 members (excludes halogenated alkanes) is 2. The normalized spacial score (nSPS) is 30.9. The molecule has 0 radical (unpaired) electrons. The molecule has 2 bridgehead atoms.